The van der Waals surface area contributed by atoms with Gasteiger partial charge >= 0.3 is 17.9 Å². The van der Waals surface area contributed by atoms with Crippen LogP contribution < -0.4 is 0 Å². The second kappa shape index (κ2) is 5.81. The first-order chi connectivity index (χ1) is 12.9. The van der Waals surface area contributed by atoms with Gasteiger partial charge in [-0.3, -0.25) is 0 Å². The molecule has 0 saturated heterocycles. The van der Waals surface area contributed by atoms with Crippen LogP contribution in [0.4, 0.5) is 0 Å². The van der Waals surface area contributed by atoms with Crippen LogP contribution in [-0.4, -0.2) is 33.2 Å². The number of hydrogen-bond acceptors (Lipinski definition) is 3. The maximum atomic E-state index is 11.7. The SMILES string of the molecule is O=C(O)c1cccc2c1ccc1c2ccc2c(C(=O)O)ccc(C(=O)O)c21. The molecule has 4 rings (SSSR count). The molecule has 3 N–H and O–H groups in total. The van der Waals surface area contributed by atoms with Crippen molar-refractivity contribution in [1.29, 1.82) is 0 Å². The number of fused-ring (bicyclic) bond motifs is 5. The van der Waals surface area contributed by atoms with Crippen LogP contribution in [0.1, 0.15) is 31.1 Å². The van der Waals surface area contributed by atoms with Crippen molar-refractivity contribution in [2.45, 2.75) is 0 Å². The summed E-state index contributed by atoms with van der Waals surface area (Å²) < 4.78 is 0. The topological polar surface area (TPSA) is 112 Å². The van der Waals surface area contributed by atoms with Crippen molar-refractivity contribution in [2.75, 3.05) is 0 Å². The van der Waals surface area contributed by atoms with Gasteiger partial charge in [-0.2, -0.15) is 0 Å². The van der Waals surface area contributed by atoms with Crippen LogP contribution >= 0.6 is 0 Å². The minimum Gasteiger partial charge on any atom is -0.478 e. The molecule has 0 aromatic heterocycles. The predicted molar refractivity (Wildman–Crippen MR) is 99.8 cm³/mol. The van der Waals surface area contributed by atoms with E-state index in [1.54, 1.807) is 36.4 Å². The van der Waals surface area contributed by atoms with Crippen molar-refractivity contribution in [1.82, 2.24) is 0 Å². The summed E-state index contributed by atoms with van der Waals surface area (Å²) in [6.07, 6.45) is 0. The summed E-state index contributed by atoms with van der Waals surface area (Å²) in [6, 6.07) is 14.0. The van der Waals surface area contributed by atoms with Crippen LogP contribution in [0.15, 0.2) is 54.6 Å². The lowest BCUT2D eigenvalue weighted by molar-refractivity contribution is 0.0684. The average molecular weight is 360 g/mol. The molecule has 0 unspecified atom stereocenters. The van der Waals surface area contributed by atoms with Crippen LogP contribution in [0.3, 0.4) is 0 Å². The molecule has 0 aliphatic heterocycles. The Morgan fingerprint density at radius 2 is 0.963 bits per heavy atom. The van der Waals surface area contributed by atoms with Gasteiger partial charge < -0.3 is 15.3 Å². The van der Waals surface area contributed by atoms with Crippen LogP contribution in [0.5, 0.6) is 0 Å². The van der Waals surface area contributed by atoms with Gasteiger partial charge in [0.15, 0.2) is 0 Å². The van der Waals surface area contributed by atoms with Gasteiger partial charge in [0.05, 0.1) is 16.7 Å². The lowest BCUT2D eigenvalue weighted by Crippen LogP contribution is -2.03. The van der Waals surface area contributed by atoms with E-state index in [2.05, 4.69) is 0 Å². The molecule has 0 atom stereocenters. The molecule has 132 valence electrons. The third-order valence-corrected chi connectivity index (χ3v) is 4.73. The first-order valence-electron chi connectivity index (χ1n) is 8.01. The van der Waals surface area contributed by atoms with Crippen molar-refractivity contribution in [2.24, 2.45) is 0 Å². The Morgan fingerprint density at radius 3 is 1.63 bits per heavy atom. The minimum absolute atomic E-state index is 0.00524. The fourth-order valence-corrected chi connectivity index (χ4v) is 3.58. The Balaban J connectivity index is 2.25. The molecule has 4 aromatic carbocycles. The Hall–Kier alpha value is -3.93. The summed E-state index contributed by atoms with van der Waals surface area (Å²) in [4.78, 5) is 34.8. The van der Waals surface area contributed by atoms with E-state index in [9.17, 15) is 29.7 Å². The molecule has 0 heterocycles. The third-order valence-electron chi connectivity index (χ3n) is 4.73. The van der Waals surface area contributed by atoms with Gasteiger partial charge in [-0.15, -0.1) is 0 Å². The first kappa shape index (κ1) is 16.5. The van der Waals surface area contributed by atoms with Gasteiger partial charge in [-0.05, 0) is 45.1 Å². The molecule has 0 saturated carbocycles. The molecule has 0 fully saturated rings. The van der Waals surface area contributed by atoms with Crippen molar-refractivity contribution in [3.63, 3.8) is 0 Å². The maximum absolute atomic E-state index is 11.7. The Kier molecular flexibility index (Phi) is 3.56. The fourth-order valence-electron chi connectivity index (χ4n) is 3.58. The number of carboxylic acids is 3. The van der Waals surface area contributed by atoms with Crippen LogP contribution in [-0.2, 0) is 0 Å². The molecule has 0 spiro atoms. The molecular weight excluding hydrogens is 348 g/mol. The number of carboxylic acid groups (broad SMARTS) is 3. The van der Waals surface area contributed by atoms with E-state index in [0.29, 0.717) is 32.3 Å². The minimum atomic E-state index is -1.16. The molecule has 27 heavy (non-hydrogen) atoms. The zero-order valence-corrected chi connectivity index (χ0v) is 13.8. The van der Waals surface area contributed by atoms with E-state index in [1.165, 1.54) is 18.2 Å². The number of hydrogen-bond donors (Lipinski definition) is 3. The van der Waals surface area contributed by atoms with Crippen molar-refractivity contribution in [3.05, 3.63) is 71.3 Å². The van der Waals surface area contributed by atoms with Gasteiger partial charge in [0.1, 0.15) is 0 Å². The Bertz CT molecular complexity index is 1300. The van der Waals surface area contributed by atoms with Gasteiger partial charge in [0.2, 0.25) is 0 Å². The standard InChI is InChI=1S/C21H12O6/c22-19(23)15-3-1-2-10-11-4-7-14-16(20(24)25)8-9-17(21(26)27)18(14)13(11)6-5-12(10)15/h1-9H,(H,22,23)(H,24,25)(H,26,27). The average Bonchev–Trinajstić information content (AvgIpc) is 2.65. The monoisotopic (exact) mass is 360 g/mol. The zero-order valence-electron chi connectivity index (χ0n) is 13.8. The molecule has 6 heteroatoms. The van der Waals surface area contributed by atoms with E-state index in [-0.39, 0.29) is 16.7 Å². The van der Waals surface area contributed by atoms with Crippen LogP contribution in [0.25, 0.3) is 32.3 Å². The Labute approximate surface area is 151 Å². The molecule has 4 aromatic rings. The lowest BCUT2D eigenvalue weighted by Gasteiger charge is -2.12. The van der Waals surface area contributed by atoms with E-state index in [1.807, 2.05) is 0 Å². The molecule has 0 amide bonds. The van der Waals surface area contributed by atoms with E-state index in [0.717, 1.165) is 0 Å². The van der Waals surface area contributed by atoms with Crippen molar-refractivity contribution < 1.29 is 29.7 Å². The number of carbonyl (C=O) groups is 3. The van der Waals surface area contributed by atoms with E-state index < -0.39 is 17.9 Å². The van der Waals surface area contributed by atoms with Gasteiger partial charge in [0, 0.05) is 5.39 Å². The molecular formula is C21H12O6. The fraction of sp³-hybridized carbons (Fsp3) is 0. The largest absolute Gasteiger partial charge is 0.478 e. The second-order valence-corrected chi connectivity index (χ2v) is 6.13. The second-order valence-electron chi connectivity index (χ2n) is 6.13. The van der Waals surface area contributed by atoms with Gasteiger partial charge in [0.25, 0.3) is 0 Å². The van der Waals surface area contributed by atoms with E-state index >= 15 is 0 Å². The molecule has 0 bridgehead atoms. The number of aromatic carboxylic acids is 3. The van der Waals surface area contributed by atoms with Crippen molar-refractivity contribution >= 4 is 50.2 Å². The summed E-state index contributed by atoms with van der Waals surface area (Å²) in [6.45, 7) is 0. The maximum Gasteiger partial charge on any atom is 0.336 e. The normalized spacial score (nSPS) is 11.1. The summed E-state index contributed by atoms with van der Waals surface area (Å²) in [5, 5.41) is 31.5. The third kappa shape index (κ3) is 2.38. The Morgan fingerprint density at radius 1 is 0.481 bits per heavy atom. The molecule has 0 aliphatic carbocycles. The number of benzene rings is 4. The van der Waals surface area contributed by atoms with Crippen molar-refractivity contribution in [3.8, 4) is 0 Å². The molecule has 0 aliphatic rings. The quantitative estimate of drug-likeness (QED) is 0.471. The first-order valence-corrected chi connectivity index (χ1v) is 8.01. The predicted octanol–water partition coefficient (Wildman–Crippen LogP) is 4.24. The number of rotatable bonds is 3. The summed E-state index contributed by atoms with van der Waals surface area (Å²) in [7, 11) is 0. The molecule has 6 nitrogen and oxygen atoms in total. The molecule has 0 radical (unpaired) electrons. The van der Waals surface area contributed by atoms with E-state index in [4.69, 9.17) is 0 Å². The highest BCUT2D eigenvalue weighted by atomic mass is 16.4. The zero-order chi connectivity index (χ0) is 19.3. The van der Waals surface area contributed by atoms with Gasteiger partial charge in [-0.1, -0.05) is 36.4 Å². The highest BCUT2D eigenvalue weighted by molar-refractivity contribution is 6.25. The smallest absolute Gasteiger partial charge is 0.336 e. The van der Waals surface area contributed by atoms with Gasteiger partial charge in [-0.25, -0.2) is 14.4 Å². The highest BCUT2D eigenvalue weighted by Gasteiger charge is 2.18. The lowest BCUT2D eigenvalue weighted by atomic mass is 9.91. The summed E-state index contributed by atoms with van der Waals surface area (Å²) in [5.74, 6) is -3.37. The highest BCUT2D eigenvalue weighted by Crippen LogP contribution is 2.35. The van der Waals surface area contributed by atoms with Crippen LogP contribution in [0.2, 0.25) is 0 Å². The summed E-state index contributed by atoms with van der Waals surface area (Å²) >= 11 is 0. The summed E-state index contributed by atoms with van der Waals surface area (Å²) in [5.41, 5.74) is 0.151. The van der Waals surface area contributed by atoms with Crippen LogP contribution in [0, 0.1) is 0 Å².